The first-order valence-electron chi connectivity index (χ1n) is 12.1. The number of nitrogens with zero attached hydrogens (tertiary/aromatic N) is 2. The SMILES string of the molecule is COc1nc(N[C@H](C)c2cccc(C(F)F)c2F)c(C2OC=CO2)c(C(C)C(=O)NC2(C(F)(F)F)CCOC2)n1. The van der Waals surface area contributed by atoms with E-state index in [4.69, 9.17) is 18.9 Å². The molecule has 2 unspecified atom stereocenters. The standard InChI is InChI=1S/C25H26F6N4O5/c1-12(21(36)35-24(25(29,30)31)7-8-38-11-24)18-16(22-39-9-10-40-22)20(34-23(33-18)37-3)32-13(2)14-5-4-6-15(17(14)26)19(27)28/h4-6,9-10,12-13,19,22H,7-8,11H2,1-3H3,(H,35,36)(H,32,33,34)/t12?,13-,24?/m1/s1. The molecule has 2 N–H and O–H groups in total. The first kappa shape index (κ1) is 29.2. The number of amides is 1. The Morgan fingerprint density at radius 3 is 2.40 bits per heavy atom. The van der Waals surface area contributed by atoms with Crippen molar-refractivity contribution in [3.63, 3.8) is 0 Å². The molecular weight excluding hydrogens is 550 g/mol. The summed E-state index contributed by atoms with van der Waals surface area (Å²) >= 11 is 0. The van der Waals surface area contributed by atoms with E-state index in [0.717, 1.165) is 6.07 Å². The fraction of sp³-hybridized carbons (Fsp3) is 0.480. The van der Waals surface area contributed by atoms with Gasteiger partial charge >= 0.3 is 12.2 Å². The van der Waals surface area contributed by atoms with E-state index in [1.165, 1.54) is 45.6 Å². The summed E-state index contributed by atoms with van der Waals surface area (Å²) in [5.41, 5.74) is -3.59. The molecule has 218 valence electrons. The van der Waals surface area contributed by atoms with Gasteiger partial charge in [-0.25, -0.2) is 13.2 Å². The average Bonchev–Trinajstić information content (AvgIpc) is 3.60. The van der Waals surface area contributed by atoms with Gasteiger partial charge in [-0.3, -0.25) is 4.79 Å². The van der Waals surface area contributed by atoms with Crippen molar-refractivity contribution in [2.45, 2.75) is 56.7 Å². The second-order valence-corrected chi connectivity index (χ2v) is 9.24. The van der Waals surface area contributed by atoms with Gasteiger partial charge in [0.2, 0.25) is 5.91 Å². The number of carbonyl (C=O) groups excluding carboxylic acids is 1. The van der Waals surface area contributed by atoms with E-state index in [-0.39, 0.29) is 35.3 Å². The highest BCUT2D eigenvalue weighted by atomic mass is 19.4. The quantitative estimate of drug-likeness (QED) is 0.393. The molecular formula is C25H26F6N4O5. The van der Waals surface area contributed by atoms with Crippen LogP contribution in [0.5, 0.6) is 6.01 Å². The van der Waals surface area contributed by atoms with Crippen molar-refractivity contribution in [3.05, 3.63) is 58.9 Å². The predicted octanol–water partition coefficient (Wildman–Crippen LogP) is 5.19. The lowest BCUT2D eigenvalue weighted by Crippen LogP contribution is -2.60. The van der Waals surface area contributed by atoms with Crippen LogP contribution in [0.3, 0.4) is 0 Å². The van der Waals surface area contributed by atoms with Crippen LogP contribution in [0.15, 0.2) is 30.7 Å². The number of rotatable bonds is 9. The second kappa shape index (κ2) is 11.4. The number of carbonyl (C=O) groups is 1. The van der Waals surface area contributed by atoms with Gasteiger partial charge in [-0.1, -0.05) is 18.2 Å². The summed E-state index contributed by atoms with van der Waals surface area (Å²) in [7, 11) is 1.22. The van der Waals surface area contributed by atoms with Gasteiger partial charge in [0.05, 0.1) is 42.5 Å². The summed E-state index contributed by atoms with van der Waals surface area (Å²) in [5, 5.41) is 4.96. The van der Waals surface area contributed by atoms with Crippen molar-refractivity contribution in [1.82, 2.24) is 15.3 Å². The van der Waals surface area contributed by atoms with Crippen LogP contribution in [0.25, 0.3) is 0 Å². The van der Waals surface area contributed by atoms with E-state index in [9.17, 15) is 31.1 Å². The van der Waals surface area contributed by atoms with Gasteiger partial charge in [0.15, 0.2) is 5.54 Å². The van der Waals surface area contributed by atoms with Crippen LogP contribution in [0.1, 0.15) is 67.3 Å². The molecule has 3 heterocycles. The van der Waals surface area contributed by atoms with Crippen molar-refractivity contribution in [1.29, 1.82) is 0 Å². The Bertz CT molecular complexity index is 1260. The van der Waals surface area contributed by atoms with Gasteiger partial charge in [-0.2, -0.15) is 23.1 Å². The molecule has 0 aliphatic carbocycles. The fourth-order valence-corrected chi connectivity index (χ4v) is 4.38. The zero-order chi connectivity index (χ0) is 29.2. The Labute approximate surface area is 224 Å². The van der Waals surface area contributed by atoms with E-state index >= 15 is 0 Å². The van der Waals surface area contributed by atoms with Crippen molar-refractivity contribution in [3.8, 4) is 6.01 Å². The molecule has 3 atom stereocenters. The van der Waals surface area contributed by atoms with Gasteiger partial charge in [0.25, 0.3) is 12.7 Å². The van der Waals surface area contributed by atoms with Gasteiger partial charge < -0.3 is 29.6 Å². The summed E-state index contributed by atoms with van der Waals surface area (Å²) in [5.74, 6) is -3.56. The number of halogens is 6. The van der Waals surface area contributed by atoms with Crippen molar-refractivity contribution in [2.75, 3.05) is 25.6 Å². The van der Waals surface area contributed by atoms with E-state index in [1.807, 2.05) is 0 Å². The van der Waals surface area contributed by atoms with Gasteiger partial charge in [0, 0.05) is 18.6 Å². The summed E-state index contributed by atoms with van der Waals surface area (Å²) in [4.78, 5) is 21.6. The molecule has 2 aromatic rings. The van der Waals surface area contributed by atoms with Crippen LogP contribution in [-0.2, 0) is 19.0 Å². The van der Waals surface area contributed by atoms with Crippen LogP contribution in [-0.4, -0.2) is 47.9 Å². The third kappa shape index (κ3) is 5.60. The molecule has 1 aromatic heterocycles. The van der Waals surface area contributed by atoms with Crippen molar-refractivity contribution >= 4 is 11.7 Å². The number of nitrogens with one attached hydrogen (secondary N) is 2. The maximum absolute atomic E-state index is 14.9. The number of hydrogen-bond donors (Lipinski definition) is 2. The summed E-state index contributed by atoms with van der Waals surface area (Å²) < 4.78 is 104. The Morgan fingerprint density at radius 2 is 1.82 bits per heavy atom. The number of aromatic nitrogens is 2. The van der Waals surface area contributed by atoms with Crippen LogP contribution in [0, 0.1) is 5.82 Å². The second-order valence-electron chi connectivity index (χ2n) is 9.24. The Kier molecular flexibility index (Phi) is 8.33. The lowest BCUT2D eigenvalue weighted by molar-refractivity contribution is -0.197. The third-order valence-electron chi connectivity index (χ3n) is 6.68. The maximum Gasteiger partial charge on any atom is 0.413 e. The molecule has 2 aliphatic heterocycles. The minimum atomic E-state index is -4.79. The van der Waals surface area contributed by atoms with Crippen LogP contribution in [0.2, 0.25) is 0 Å². The normalized spacial score (nSPS) is 20.6. The molecule has 1 fully saturated rings. The molecule has 1 saturated heterocycles. The summed E-state index contributed by atoms with van der Waals surface area (Å²) in [6, 6.07) is 2.29. The smallest absolute Gasteiger partial charge is 0.413 e. The first-order valence-corrected chi connectivity index (χ1v) is 12.1. The average molecular weight is 576 g/mol. The number of alkyl halides is 5. The number of hydrogen-bond acceptors (Lipinski definition) is 8. The Balaban J connectivity index is 1.74. The zero-order valence-electron chi connectivity index (χ0n) is 21.5. The van der Waals surface area contributed by atoms with E-state index < -0.39 is 66.7 Å². The van der Waals surface area contributed by atoms with Crippen LogP contribution < -0.4 is 15.4 Å². The third-order valence-corrected chi connectivity index (χ3v) is 6.68. The molecule has 0 radical (unpaired) electrons. The molecule has 2 aliphatic rings. The lowest BCUT2D eigenvalue weighted by Gasteiger charge is -2.32. The molecule has 0 bridgehead atoms. The zero-order valence-corrected chi connectivity index (χ0v) is 21.5. The van der Waals surface area contributed by atoms with E-state index in [1.54, 1.807) is 0 Å². The molecule has 0 saturated carbocycles. The number of ether oxygens (including phenoxy) is 4. The van der Waals surface area contributed by atoms with E-state index in [0.29, 0.717) is 0 Å². The van der Waals surface area contributed by atoms with Crippen LogP contribution in [0.4, 0.5) is 32.2 Å². The molecule has 4 rings (SSSR count). The maximum atomic E-state index is 14.9. The monoisotopic (exact) mass is 576 g/mol. The summed E-state index contributed by atoms with van der Waals surface area (Å²) in [6.07, 6.45) is -7.17. The highest BCUT2D eigenvalue weighted by Gasteiger charge is 2.58. The highest BCUT2D eigenvalue weighted by molar-refractivity contribution is 5.84. The van der Waals surface area contributed by atoms with Crippen molar-refractivity contribution < 1.29 is 50.1 Å². The topological polar surface area (TPSA) is 104 Å². The van der Waals surface area contributed by atoms with Gasteiger partial charge in [-0.15, -0.1) is 0 Å². The number of benzene rings is 1. The minimum Gasteiger partial charge on any atom is -0.467 e. The lowest BCUT2D eigenvalue weighted by atomic mass is 9.94. The summed E-state index contributed by atoms with van der Waals surface area (Å²) in [6.45, 7) is 1.86. The predicted molar refractivity (Wildman–Crippen MR) is 127 cm³/mol. The largest absolute Gasteiger partial charge is 0.467 e. The highest BCUT2D eigenvalue weighted by Crippen LogP contribution is 2.40. The van der Waals surface area contributed by atoms with Crippen LogP contribution >= 0.6 is 0 Å². The molecule has 1 aromatic carbocycles. The Hall–Kier alpha value is -3.75. The van der Waals surface area contributed by atoms with E-state index in [2.05, 4.69) is 20.6 Å². The molecule has 1 amide bonds. The number of methoxy groups -OCH3 is 1. The minimum absolute atomic E-state index is 0.00875. The van der Waals surface area contributed by atoms with Gasteiger partial charge in [0.1, 0.15) is 24.2 Å². The molecule has 0 spiro atoms. The molecule has 15 heteroatoms. The first-order chi connectivity index (χ1) is 18.9. The van der Waals surface area contributed by atoms with Gasteiger partial charge in [-0.05, 0) is 13.8 Å². The fourth-order valence-electron chi connectivity index (χ4n) is 4.38. The molecule has 40 heavy (non-hydrogen) atoms. The van der Waals surface area contributed by atoms with Crippen molar-refractivity contribution in [2.24, 2.45) is 0 Å². The molecule has 9 nitrogen and oxygen atoms in total. The number of anilines is 1. The Morgan fingerprint density at radius 1 is 1.15 bits per heavy atom.